The fourth-order valence-electron chi connectivity index (χ4n) is 5.99. The van der Waals surface area contributed by atoms with E-state index < -0.39 is 6.04 Å². The van der Waals surface area contributed by atoms with E-state index in [-0.39, 0.29) is 47.8 Å². The number of halogens is 1. The molecule has 0 radical (unpaired) electrons. The SMILES string of the molecule is CC.CC.CCC(c1ccc(F)cc1)N1C(=O)C2C[C@H]1CN2CC(N)C(=O)N1C(C#N)CC2CC21. The van der Waals surface area contributed by atoms with Gasteiger partial charge in [0.2, 0.25) is 11.8 Å². The zero-order valence-electron chi connectivity index (χ0n) is 21.7. The van der Waals surface area contributed by atoms with Crippen LogP contribution in [0.5, 0.6) is 0 Å². The average molecular weight is 486 g/mol. The summed E-state index contributed by atoms with van der Waals surface area (Å²) in [7, 11) is 0. The fourth-order valence-corrected chi connectivity index (χ4v) is 5.99. The monoisotopic (exact) mass is 485 g/mol. The zero-order chi connectivity index (χ0) is 25.9. The summed E-state index contributed by atoms with van der Waals surface area (Å²) in [6.07, 6.45) is 3.21. The number of fused-ring (bicyclic) bond motifs is 3. The maximum Gasteiger partial charge on any atom is 0.242 e. The molecule has 0 aromatic heterocycles. The predicted molar refractivity (Wildman–Crippen MR) is 133 cm³/mol. The van der Waals surface area contributed by atoms with Crippen molar-refractivity contribution >= 4 is 11.8 Å². The number of nitriles is 1. The molecular formula is C27H40FN5O2. The molecule has 8 heteroatoms. The second-order valence-electron chi connectivity index (χ2n) is 9.38. The number of carbonyl (C=O) groups is 2. The number of piperazine rings is 1. The Balaban J connectivity index is 0.000000815. The van der Waals surface area contributed by atoms with E-state index in [4.69, 9.17) is 5.73 Å². The van der Waals surface area contributed by atoms with Crippen LogP contribution in [0.4, 0.5) is 4.39 Å². The van der Waals surface area contributed by atoms with E-state index in [1.807, 2.05) is 44.4 Å². The van der Waals surface area contributed by atoms with Gasteiger partial charge in [0.1, 0.15) is 11.9 Å². The highest BCUT2D eigenvalue weighted by Crippen LogP contribution is 2.48. The first-order valence-electron chi connectivity index (χ1n) is 13.2. The summed E-state index contributed by atoms with van der Waals surface area (Å²) in [5.74, 6) is 0.0646. The number of hydrogen-bond acceptors (Lipinski definition) is 5. The summed E-state index contributed by atoms with van der Waals surface area (Å²) in [6, 6.07) is 7.42. The summed E-state index contributed by atoms with van der Waals surface area (Å²) in [6.45, 7) is 11.0. The van der Waals surface area contributed by atoms with Gasteiger partial charge in [-0.2, -0.15) is 5.26 Å². The average Bonchev–Trinajstić information content (AvgIpc) is 3.21. The van der Waals surface area contributed by atoms with Gasteiger partial charge in [0.05, 0.1) is 24.2 Å². The number of amides is 2. The molecule has 2 bridgehead atoms. The highest BCUT2D eigenvalue weighted by Gasteiger charge is 2.56. The van der Waals surface area contributed by atoms with E-state index in [9.17, 15) is 19.2 Å². The normalized spacial score (nSPS) is 29.9. The molecule has 1 aliphatic carbocycles. The topological polar surface area (TPSA) is 93.7 Å². The van der Waals surface area contributed by atoms with Crippen LogP contribution in [0.15, 0.2) is 24.3 Å². The quantitative estimate of drug-likeness (QED) is 0.666. The van der Waals surface area contributed by atoms with Crippen LogP contribution in [-0.4, -0.2) is 69.8 Å². The molecule has 2 amide bonds. The number of nitrogens with two attached hydrogens (primary N) is 1. The zero-order valence-corrected chi connectivity index (χ0v) is 21.7. The van der Waals surface area contributed by atoms with Gasteiger partial charge in [0, 0.05) is 25.2 Å². The highest BCUT2D eigenvalue weighted by atomic mass is 19.1. The molecule has 1 aromatic carbocycles. The Morgan fingerprint density at radius 3 is 2.40 bits per heavy atom. The lowest BCUT2D eigenvalue weighted by Gasteiger charge is -2.39. The van der Waals surface area contributed by atoms with Crippen LogP contribution in [0.25, 0.3) is 0 Å². The van der Waals surface area contributed by atoms with Crippen molar-refractivity contribution in [2.24, 2.45) is 11.7 Å². The Morgan fingerprint density at radius 2 is 1.83 bits per heavy atom. The molecule has 0 spiro atoms. The van der Waals surface area contributed by atoms with Crippen molar-refractivity contribution in [2.75, 3.05) is 13.1 Å². The summed E-state index contributed by atoms with van der Waals surface area (Å²) in [5, 5.41) is 9.36. The van der Waals surface area contributed by atoms with Crippen molar-refractivity contribution in [3.63, 3.8) is 0 Å². The summed E-state index contributed by atoms with van der Waals surface area (Å²) in [5.41, 5.74) is 7.22. The molecule has 7 atom stereocenters. The third kappa shape index (κ3) is 5.07. The predicted octanol–water partition coefficient (Wildman–Crippen LogP) is 3.45. The third-order valence-corrected chi connectivity index (χ3v) is 7.55. The lowest BCUT2D eigenvalue weighted by molar-refractivity contribution is -0.141. The van der Waals surface area contributed by atoms with Gasteiger partial charge in [-0.25, -0.2) is 4.39 Å². The fraction of sp³-hybridized carbons (Fsp3) is 0.667. The van der Waals surface area contributed by atoms with Gasteiger partial charge in [-0.3, -0.25) is 14.5 Å². The largest absolute Gasteiger partial charge is 0.330 e. The van der Waals surface area contributed by atoms with Gasteiger partial charge in [-0.1, -0.05) is 46.8 Å². The summed E-state index contributed by atoms with van der Waals surface area (Å²) in [4.78, 5) is 31.8. The molecule has 5 rings (SSSR count). The van der Waals surface area contributed by atoms with Crippen LogP contribution in [0.3, 0.4) is 0 Å². The van der Waals surface area contributed by atoms with Crippen molar-refractivity contribution in [3.05, 3.63) is 35.6 Å². The molecule has 35 heavy (non-hydrogen) atoms. The number of carbonyl (C=O) groups excluding carboxylic acids is 2. The molecule has 4 fully saturated rings. The standard InChI is InChI=1S/C23H28FN5O2.2C2H6/c1-2-19(13-3-5-15(24)6-4-13)29-17-9-21(23(29)31)27(11-17)12-18(26)22(30)28-16(10-25)7-14-8-20(14)28;2*1-2/h3-6,14,16-21H,2,7-9,11-12,26H2,1H3;2*1-2H3/t14?,16?,17-,18?,19?,20?,21?;;/m0../s1. The van der Waals surface area contributed by atoms with E-state index >= 15 is 0 Å². The van der Waals surface area contributed by atoms with E-state index in [0.717, 1.165) is 31.2 Å². The number of likely N-dealkylation sites (tertiary alicyclic amines) is 3. The van der Waals surface area contributed by atoms with Crippen molar-refractivity contribution in [2.45, 2.75) is 96.6 Å². The molecule has 4 aliphatic rings. The van der Waals surface area contributed by atoms with E-state index in [2.05, 4.69) is 6.07 Å². The smallest absolute Gasteiger partial charge is 0.242 e. The molecule has 192 valence electrons. The number of piperidine rings is 1. The Kier molecular flexibility index (Phi) is 8.89. The highest BCUT2D eigenvalue weighted by molar-refractivity contribution is 5.87. The first kappa shape index (κ1) is 27.1. The minimum absolute atomic E-state index is 0.0606. The van der Waals surface area contributed by atoms with Crippen molar-refractivity contribution in [1.82, 2.24) is 14.7 Å². The van der Waals surface area contributed by atoms with E-state index in [1.54, 1.807) is 17.0 Å². The second kappa shape index (κ2) is 11.5. The van der Waals surface area contributed by atoms with Crippen molar-refractivity contribution in [3.8, 4) is 6.07 Å². The maximum atomic E-state index is 13.3. The minimum atomic E-state index is -0.727. The van der Waals surface area contributed by atoms with Gasteiger partial charge in [-0.05, 0) is 49.3 Å². The van der Waals surface area contributed by atoms with Gasteiger partial charge < -0.3 is 15.5 Å². The lowest BCUT2D eigenvalue weighted by Crippen LogP contribution is -2.57. The number of rotatable bonds is 6. The Bertz CT molecular complexity index is 932. The van der Waals surface area contributed by atoms with Crippen LogP contribution >= 0.6 is 0 Å². The maximum absolute atomic E-state index is 13.3. The van der Waals surface area contributed by atoms with Gasteiger partial charge in [0.15, 0.2) is 0 Å². The van der Waals surface area contributed by atoms with Crippen molar-refractivity contribution in [1.29, 1.82) is 5.26 Å². The molecule has 1 aromatic rings. The number of hydrogen-bond donors (Lipinski definition) is 1. The summed E-state index contributed by atoms with van der Waals surface area (Å²) >= 11 is 0. The van der Waals surface area contributed by atoms with Crippen LogP contribution in [0, 0.1) is 23.1 Å². The number of nitrogens with zero attached hydrogens (tertiary/aromatic N) is 4. The molecule has 2 N–H and O–H groups in total. The molecular weight excluding hydrogens is 445 g/mol. The summed E-state index contributed by atoms with van der Waals surface area (Å²) < 4.78 is 13.3. The van der Waals surface area contributed by atoms with E-state index in [0.29, 0.717) is 19.0 Å². The van der Waals surface area contributed by atoms with Crippen LogP contribution < -0.4 is 5.73 Å². The first-order chi connectivity index (χ1) is 16.9. The van der Waals surface area contributed by atoms with Crippen LogP contribution in [0.1, 0.15) is 71.9 Å². The molecule has 3 heterocycles. The van der Waals surface area contributed by atoms with Gasteiger partial charge in [-0.15, -0.1) is 0 Å². The molecule has 7 nitrogen and oxygen atoms in total. The molecule has 3 aliphatic heterocycles. The Hall–Kier alpha value is -2.50. The Morgan fingerprint density at radius 1 is 1.17 bits per heavy atom. The Labute approximate surface area is 209 Å². The second-order valence-corrected chi connectivity index (χ2v) is 9.38. The third-order valence-electron chi connectivity index (χ3n) is 7.55. The lowest BCUT2D eigenvalue weighted by atomic mass is 10.0. The van der Waals surface area contributed by atoms with Crippen molar-refractivity contribution < 1.29 is 14.0 Å². The molecule has 1 saturated carbocycles. The van der Waals surface area contributed by atoms with Crippen LogP contribution in [-0.2, 0) is 9.59 Å². The van der Waals surface area contributed by atoms with Crippen LogP contribution in [0.2, 0.25) is 0 Å². The minimum Gasteiger partial charge on any atom is -0.330 e. The first-order valence-corrected chi connectivity index (χ1v) is 13.2. The molecule has 6 unspecified atom stereocenters. The molecule has 3 saturated heterocycles. The van der Waals surface area contributed by atoms with Gasteiger partial charge >= 0.3 is 0 Å². The van der Waals surface area contributed by atoms with Gasteiger partial charge in [0.25, 0.3) is 0 Å². The number of benzene rings is 1. The van der Waals surface area contributed by atoms with E-state index in [1.165, 1.54) is 12.1 Å².